The molecule has 4 nitrogen and oxygen atoms in total. The van der Waals surface area contributed by atoms with Crippen LogP contribution in [-0.4, -0.2) is 28.8 Å². The summed E-state index contributed by atoms with van der Waals surface area (Å²) in [5, 5.41) is 3.25. The average Bonchev–Trinajstić information content (AvgIpc) is 2.89. The minimum atomic E-state index is -0.661. The largest absolute Gasteiger partial charge is 0.352 e. The Labute approximate surface area is 221 Å². The van der Waals surface area contributed by atoms with Gasteiger partial charge in [-0.3, -0.25) is 9.59 Å². The van der Waals surface area contributed by atoms with Crippen LogP contribution in [0.3, 0.4) is 0 Å². The molecule has 3 aromatic carbocycles. The van der Waals surface area contributed by atoms with Crippen molar-refractivity contribution in [1.29, 1.82) is 0 Å². The van der Waals surface area contributed by atoms with E-state index in [1.807, 2.05) is 54.6 Å². The first-order valence-corrected chi connectivity index (χ1v) is 13.4. The molecule has 1 saturated carbocycles. The van der Waals surface area contributed by atoms with Gasteiger partial charge >= 0.3 is 0 Å². The topological polar surface area (TPSA) is 49.4 Å². The predicted octanol–water partition coefficient (Wildman–Crippen LogP) is 6.22. The third-order valence-electron chi connectivity index (χ3n) is 6.76. The highest BCUT2D eigenvalue weighted by molar-refractivity contribution is 9.10. The lowest BCUT2D eigenvalue weighted by Crippen LogP contribution is -2.53. The van der Waals surface area contributed by atoms with E-state index in [-0.39, 0.29) is 30.1 Å². The molecule has 0 unspecified atom stereocenters. The van der Waals surface area contributed by atoms with Crippen LogP contribution in [0, 0.1) is 5.82 Å². The lowest BCUT2D eigenvalue weighted by molar-refractivity contribution is -0.141. The van der Waals surface area contributed by atoms with Gasteiger partial charge in [0, 0.05) is 23.5 Å². The number of carbonyl (C=O) groups excluding carboxylic acids is 2. The average molecular weight is 552 g/mol. The Bertz CT molecular complexity index is 1130. The molecule has 0 aliphatic heterocycles. The van der Waals surface area contributed by atoms with Gasteiger partial charge in [-0.15, -0.1) is 0 Å². The molecular weight excluding hydrogens is 519 g/mol. The number of rotatable bonds is 9. The molecule has 0 aromatic heterocycles. The first kappa shape index (κ1) is 26.1. The Morgan fingerprint density at radius 3 is 2.17 bits per heavy atom. The molecule has 4 rings (SSSR count). The van der Waals surface area contributed by atoms with Gasteiger partial charge in [-0.25, -0.2) is 4.39 Å². The summed E-state index contributed by atoms with van der Waals surface area (Å²) in [5.41, 5.74) is 2.65. The van der Waals surface area contributed by atoms with Gasteiger partial charge in [0.05, 0.1) is 6.42 Å². The van der Waals surface area contributed by atoms with Crippen molar-refractivity contribution in [2.45, 2.75) is 63.6 Å². The van der Waals surface area contributed by atoms with Crippen LogP contribution in [0.25, 0.3) is 0 Å². The van der Waals surface area contributed by atoms with Crippen molar-refractivity contribution in [3.8, 4) is 0 Å². The van der Waals surface area contributed by atoms with E-state index in [9.17, 15) is 14.0 Å². The molecule has 1 aliphatic carbocycles. The van der Waals surface area contributed by atoms with E-state index in [1.54, 1.807) is 17.0 Å². The van der Waals surface area contributed by atoms with Gasteiger partial charge in [-0.2, -0.15) is 0 Å². The van der Waals surface area contributed by atoms with Crippen molar-refractivity contribution < 1.29 is 14.0 Å². The zero-order chi connectivity index (χ0) is 25.3. The fraction of sp³-hybridized carbons (Fsp3) is 0.333. The van der Waals surface area contributed by atoms with Gasteiger partial charge in [0.25, 0.3) is 0 Å². The second-order valence-electron chi connectivity index (χ2n) is 9.50. The summed E-state index contributed by atoms with van der Waals surface area (Å²) < 4.78 is 14.4. The minimum Gasteiger partial charge on any atom is -0.352 e. The number of carbonyl (C=O) groups is 2. The summed E-state index contributed by atoms with van der Waals surface area (Å²) in [5.74, 6) is -0.619. The van der Waals surface area contributed by atoms with E-state index in [0.717, 1.165) is 41.3 Å². The third kappa shape index (κ3) is 7.50. The van der Waals surface area contributed by atoms with E-state index >= 15 is 0 Å². The Hall–Kier alpha value is -2.99. The predicted molar refractivity (Wildman–Crippen MR) is 144 cm³/mol. The van der Waals surface area contributed by atoms with Crippen molar-refractivity contribution in [2.75, 3.05) is 0 Å². The summed E-state index contributed by atoms with van der Waals surface area (Å²) >= 11 is 3.47. The fourth-order valence-electron chi connectivity index (χ4n) is 4.76. The molecule has 188 valence electrons. The molecule has 6 heteroatoms. The Morgan fingerprint density at radius 2 is 1.50 bits per heavy atom. The van der Waals surface area contributed by atoms with E-state index in [1.165, 1.54) is 18.6 Å². The Morgan fingerprint density at radius 1 is 0.861 bits per heavy atom. The Balaban J connectivity index is 1.64. The van der Waals surface area contributed by atoms with Gasteiger partial charge in [0.1, 0.15) is 11.9 Å². The molecule has 1 fully saturated rings. The van der Waals surface area contributed by atoms with Gasteiger partial charge in [0.15, 0.2) is 0 Å². The highest BCUT2D eigenvalue weighted by atomic mass is 79.9. The summed E-state index contributed by atoms with van der Waals surface area (Å²) in [6.45, 7) is 0.308. The van der Waals surface area contributed by atoms with Gasteiger partial charge < -0.3 is 10.2 Å². The molecule has 0 heterocycles. The molecule has 3 aromatic rings. The number of amides is 2. The molecular formula is C30H32BrFN2O2. The Kier molecular flexibility index (Phi) is 9.29. The zero-order valence-corrected chi connectivity index (χ0v) is 21.9. The van der Waals surface area contributed by atoms with Crippen LogP contribution in [-0.2, 0) is 29.0 Å². The van der Waals surface area contributed by atoms with E-state index < -0.39 is 6.04 Å². The van der Waals surface area contributed by atoms with Crippen LogP contribution in [0.2, 0.25) is 0 Å². The van der Waals surface area contributed by atoms with Crippen LogP contribution in [0.5, 0.6) is 0 Å². The van der Waals surface area contributed by atoms with Crippen LogP contribution in [0.1, 0.15) is 48.8 Å². The molecule has 2 amide bonds. The standard InChI is InChI=1S/C30H32BrFN2O2/c31-25-15-11-24(12-16-25)21-34(29(35)20-23-13-17-26(32)18-14-23)28(19-22-7-3-1-4-8-22)30(36)33-27-9-5-2-6-10-27/h1,3-4,7-8,11-18,27-28H,2,5-6,9-10,19-21H2,(H,33,36)/t28-/m1/s1. The molecule has 1 atom stereocenters. The lowest BCUT2D eigenvalue weighted by Gasteiger charge is -2.33. The number of halogens is 2. The quantitative estimate of drug-likeness (QED) is 0.343. The SMILES string of the molecule is O=C(NC1CCCCC1)[C@@H](Cc1ccccc1)N(Cc1ccc(Br)cc1)C(=O)Cc1ccc(F)cc1. The fourth-order valence-corrected chi connectivity index (χ4v) is 5.03. The number of hydrogen-bond acceptors (Lipinski definition) is 2. The maximum absolute atomic E-state index is 13.7. The summed E-state index contributed by atoms with van der Waals surface area (Å²) in [4.78, 5) is 29.2. The second kappa shape index (κ2) is 12.8. The highest BCUT2D eigenvalue weighted by Crippen LogP contribution is 2.21. The molecule has 0 bridgehead atoms. The third-order valence-corrected chi connectivity index (χ3v) is 7.29. The van der Waals surface area contributed by atoms with Crippen molar-refractivity contribution >= 4 is 27.7 Å². The highest BCUT2D eigenvalue weighted by Gasteiger charge is 2.32. The molecule has 0 spiro atoms. The van der Waals surface area contributed by atoms with E-state index in [4.69, 9.17) is 0 Å². The normalized spacial score (nSPS) is 14.7. The van der Waals surface area contributed by atoms with Crippen LogP contribution in [0.4, 0.5) is 4.39 Å². The van der Waals surface area contributed by atoms with Crippen molar-refractivity contribution in [1.82, 2.24) is 10.2 Å². The zero-order valence-electron chi connectivity index (χ0n) is 20.3. The lowest BCUT2D eigenvalue weighted by atomic mass is 9.94. The number of nitrogens with zero attached hydrogens (tertiary/aromatic N) is 1. The monoisotopic (exact) mass is 550 g/mol. The molecule has 1 N–H and O–H groups in total. The smallest absolute Gasteiger partial charge is 0.243 e. The molecule has 0 radical (unpaired) electrons. The number of hydrogen-bond donors (Lipinski definition) is 1. The van der Waals surface area contributed by atoms with E-state index in [2.05, 4.69) is 21.2 Å². The van der Waals surface area contributed by atoms with Crippen LogP contribution < -0.4 is 5.32 Å². The molecule has 1 aliphatic rings. The summed E-state index contributed by atoms with van der Waals surface area (Å²) in [7, 11) is 0. The molecule has 36 heavy (non-hydrogen) atoms. The first-order chi connectivity index (χ1) is 17.5. The van der Waals surface area contributed by atoms with Crippen molar-refractivity contribution in [3.05, 3.63) is 106 Å². The second-order valence-corrected chi connectivity index (χ2v) is 10.4. The van der Waals surface area contributed by atoms with Crippen molar-refractivity contribution in [3.63, 3.8) is 0 Å². The van der Waals surface area contributed by atoms with E-state index in [0.29, 0.717) is 18.5 Å². The number of benzene rings is 3. The van der Waals surface area contributed by atoms with Gasteiger partial charge in [-0.1, -0.05) is 89.8 Å². The van der Waals surface area contributed by atoms with Crippen LogP contribution >= 0.6 is 15.9 Å². The summed E-state index contributed by atoms with van der Waals surface area (Å²) in [6, 6.07) is 23.1. The summed E-state index contributed by atoms with van der Waals surface area (Å²) in [6.07, 6.45) is 5.89. The first-order valence-electron chi connectivity index (χ1n) is 12.6. The van der Waals surface area contributed by atoms with Gasteiger partial charge in [-0.05, 0) is 53.8 Å². The van der Waals surface area contributed by atoms with Gasteiger partial charge in [0.2, 0.25) is 11.8 Å². The van der Waals surface area contributed by atoms with Crippen molar-refractivity contribution in [2.24, 2.45) is 0 Å². The minimum absolute atomic E-state index is 0.0960. The maximum Gasteiger partial charge on any atom is 0.243 e. The molecule has 0 saturated heterocycles. The number of nitrogens with one attached hydrogen (secondary N) is 1. The maximum atomic E-state index is 13.7. The van der Waals surface area contributed by atoms with Crippen LogP contribution in [0.15, 0.2) is 83.3 Å².